The summed E-state index contributed by atoms with van der Waals surface area (Å²) < 4.78 is 15.8. The Morgan fingerprint density at radius 1 is 1.00 bits per heavy atom. The molecule has 0 atom stereocenters. The van der Waals surface area contributed by atoms with E-state index in [-0.39, 0.29) is 5.56 Å². The lowest BCUT2D eigenvalue weighted by molar-refractivity contribution is 0.324. The van der Waals surface area contributed by atoms with Crippen LogP contribution < -0.4 is 19.8 Å². The maximum absolute atomic E-state index is 11.9. The predicted octanol–water partition coefficient (Wildman–Crippen LogP) is 1.77. The third kappa shape index (κ3) is 2.45. The molecule has 0 unspecified atom stereocenters. The molecule has 106 valence electrons. The Bertz CT molecular complexity index is 654. The molecule has 0 fully saturated rings. The third-order valence-corrected chi connectivity index (χ3v) is 2.91. The fourth-order valence-electron chi connectivity index (χ4n) is 1.96. The fraction of sp³-hybridized carbons (Fsp3) is 0.286. The van der Waals surface area contributed by atoms with Gasteiger partial charge in [-0.3, -0.25) is 4.79 Å². The van der Waals surface area contributed by atoms with Crippen molar-refractivity contribution >= 4 is 0 Å². The standard InChI is InChI=1S/C14H16N2O4/c1-8-5-10(14(17)16-15-8)9-6-11(18-2)13(20-4)12(7-9)19-3/h5-7H,1-4H3,(H,16,17). The number of methoxy groups -OCH3 is 3. The van der Waals surface area contributed by atoms with E-state index < -0.39 is 0 Å². The SMILES string of the molecule is COc1cc(-c2cc(C)n[nH]c2=O)cc(OC)c1OC. The van der Waals surface area contributed by atoms with Crippen LogP contribution in [-0.4, -0.2) is 31.5 Å². The van der Waals surface area contributed by atoms with Crippen molar-refractivity contribution in [3.05, 3.63) is 34.2 Å². The van der Waals surface area contributed by atoms with Gasteiger partial charge in [0.2, 0.25) is 5.75 Å². The van der Waals surface area contributed by atoms with E-state index in [9.17, 15) is 4.79 Å². The molecule has 1 aromatic heterocycles. The lowest BCUT2D eigenvalue weighted by atomic mass is 10.1. The van der Waals surface area contributed by atoms with E-state index in [0.29, 0.717) is 34.1 Å². The Morgan fingerprint density at radius 3 is 2.10 bits per heavy atom. The fourth-order valence-corrected chi connectivity index (χ4v) is 1.96. The number of rotatable bonds is 4. The van der Waals surface area contributed by atoms with Gasteiger partial charge in [0, 0.05) is 0 Å². The number of nitrogens with zero attached hydrogens (tertiary/aromatic N) is 1. The maximum atomic E-state index is 11.9. The van der Waals surface area contributed by atoms with Gasteiger partial charge in [0.05, 0.1) is 32.6 Å². The summed E-state index contributed by atoms with van der Waals surface area (Å²) in [6, 6.07) is 5.16. The number of aromatic nitrogens is 2. The van der Waals surface area contributed by atoms with Crippen LogP contribution in [0.15, 0.2) is 23.0 Å². The molecule has 0 amide bonds. The summed E-state index contributed by atoms with van der Waals surface area (Å²) in [5, 5.41) is 6.31. The summed E-state index contributed by atoms with van der Waals surface area (Å²) in [5.74, 6) is 1.48. The van der Waals surface area contributed by atoms with Crippen LogP contribution in [0.25, 0.3) is 11.1 Å². The minimum Gasteiger partial charge on any atom is -0.493 e. The van der Waals surface area contributed by atoms with E-state index >= 15 is 0 Å². The van der Waals surface area contributed by atoms with E-state index in [1.54, 1.807) is 25.1 Å². The van der Waals surface area contributed by atoms with Crippen molar-refractivity contribution in [1.82, 2.24) is 10.2 Å². The largest absolute Gasteiger partial charge is 0.493 e. The van der Waals surface area contributed by atoms with E-state index in [1.165, 1.54) is 21.3 Å². The summed E-state index contributed by atoms with van der Waals surface area (Å²) in [6.07, 6.45) is 0. The minimum atomic E-state index is -0.273. The zero-order valence-corrected chi connectivity index (χ0v) is 11.8. The number of aryl methyl sites for hydroxylation is 1. The molecule has 1 aromatic carbocycles. The second-order valence-electron chi connectivity index (χ2n) is 4.17. The first-order chi connectivity index (χ1) is 9.60. The Hall–Kier alpha value is -2.50. The van der Waals surface area contributed by atoms with Gasteiger partial charge >= 0.3 is 0 Å². The van der Waals surface area contributed by atoms with Crippen molar-refractivity contribution in [3.8, 4) is 28.4 Å². The summed E-state index contributed by atoms with van der Waals surface area (Å²) in [5.41, 5.74) is 1.61. The van der Waals surface area contributed by atoms with Gasteiger partial charge in [-0.25, -0.2) is 5.10 Å². The van der Waals surface area contributed by atoms with Gasteiger partial charge in [0.1, 0.15) is 0 Å². The van der Waals surface area contributed by atoms with Crippen molar-refractivity contribution in [2.24, 2.45) is 0 Å². The van der Waals surface area contributed by atoms with E-state index in [1.807, 2.05) is 0 Å². The van der Waals surface area contributed by atoms with Crippen molar-refractivity contribution in [1.29, 1.82) is 0 Å². The molecule has 0 spiro atoms. The number of hydrogen-bond acceptors (Lipinski definition) is 5. The molecular weight excluding hydrogens is 260 g/mol. The topological polar surface area (TPSA) is 73.4 Å². The maximum Gasteiger partial charge on any atom is 0.272 e. The van der Waals surface area contributed by atoms with Crippen LogP contribution in [0.2, 0.25) is 0 Å². The van der Waals surface area contributed by atoms with Crippen LogP contribution in [0.3, 0.4) is 0 Å². The number of H-pyrrole nitrogens is 1. The van der Waals surface area contributed by atoms with Gasteiger partial charge < -0.3 is 14.2 Å². The smallest absolute Gasteiger partial charge is 0.272 e. The lowest BCUT2D eigenvalue weighted by Gasteiger charge is -2.14. The second kappa shape index (κ2) is 5.64. The first-order valence-electron chi connectivity index (χ1n) is 5.97. The van der Waals surface area contributed by atoms with Gasteiger partial charge in [0.15, 0.2) is 11.5 Å². The molecule has 6 heteroatoms. The summed E-state index contributed by atoms with van der Waals surface area (Å²) in [4.78, 5) is 11.9. The summed E-state index contributed by atoms with van der Waals surface area (Å²) in [6.45, 7) is 1.80. The molecule has 2 rings (SSSR count). The van der Waals surface area contributed by atoms with Crippen molar-refractivity contribution in [2.75, 3.05) is 21.3 Å². The molecule has 2 aromatic rings. The highest BCUT2D eigenvalue weighted by Gasteiger charge is 2.15. The van der Waals surface area contributed by atoms with Crippen LogP contribution in [0.4, 0.5) is 0 Å². The Balaban J connectivity index is 2.69. The van der Waals surface area contributed by atoms with Crippen LogP contribution in [0, 0.1) is 6.92 Å². The molecular formula is C14H16N2O4. The lowest BCUT2D eigenvalue weighted by Crippen LogP contribution is -2.11. The Labute approximate surface area is 116 Å². The van der Waals surface area contributed by atoms with Crippen molar-refractivity contribution in [3.63, 3.8) is 0 Å². The Morgan fingerprint density at radius 2 is 1.60 bits per heavy atom. The molecule has 0 aliphatic heterocycles. The zero-order valence-electron chi connectivity index (χ0n) is 11.8. The normalized spacial score (nSPS) is 10.2. The molecule has 0 radical (unpaired) electrons. The van der Waals surface area contributed by atoms with Gasteiger partial charge in [-0.15, -0.1) is 0 Å². The molecule has 0 aliphatic rings. The molecule has 0 saturated heterocycles. The molecule has 1 heterocycles. The molecule has 20 heavy (non-hydrogen) atoms. The van der Waals surface area contributed by atoms with Crippen LogP contribution in [-0.2, 0) is 0 Å². The molecule has 0 saturated carbocycles. The van der Waals surface area contributed by atoms with E-state index in [4.69, 9.17) is 14.2 Å². The second-order valence-corrected chi connectivity index (χ2v) is 4.17. The highest BCUT2D eigenvalue weighted by atomic mass is 16.5. The molecule has 1 N–H and O–H groups in total. The molecule has 0 bridgehead atoms. The highest BCUT2D eigenvalue weighted by molar-refractivity contribution is 5.70. The Kier molecular flexibility index (Phi) is 3.93. The van der Waals surface area contributed by atoms with E-state index in [0.717, 1.165) is 0 Å². The first kappa shape index (κ1) is 13.9. The summed E-state index contributed by atoms with van der Waals surface area (Å²) in [7, 11) is 4.59. The minimum absolute atomic E-state index is 0.273. The predicted molar refractivity (Wildman–Crippen MR) is 74.7 cm³/mol. The summed E-state index contributed by atoms with van der Waals surface area (Å²) >= 11 is 0. The quantitative estimate of drug-likeness (QED) is 0.921. The third-order valence-electron chi connectivity index (χ3n) is 2.91. The number of nitrogens with one attached hydrogen (secondary N) is 1. The van der Waals surface area contributed by atoms with Gasteiger partial charge in [-0.05, 0) is 30.7 Å². The van der Waals surface area contributed by atoms with Crippen LogP contribution in [0.5, 0.6) is 17.2 Å². The van der Waals surface area contributed by atoms with Crippen LogP contribution >= 0.6 is 0 Å². The average molecular weight is 276 g/mol. The number of ether oxygens (including phenoxy) is 3. The number of hydrogen-bond donors (Lipinski definition) is 1. The van der Waals surface area contributed by atoms with Crippen molar-refractivity contribution < 1.29 is 14.2 Å². The zero-order chi connectivity index (χ0) is 14.7. The number of aromatic amines is 1. The van der Waals surface area contributed by atoms with E-state index in [2.05, 4.69) is 10.2 Å². The van der Waals surface area contributed by atoms with Gasteiger partial charge in [-0.2, -0.15) is 5.10 Å². The van der Waals surface area contributed by atoms with Crippen LogP contribution in [0.1, 0.15) is 5.69 Å². The monoisotopic (exact) mass is 276 g/mol. The number of benzene rings is 1. The average Bonchev–Trinajstić information content (AvgIpc) is 2.48. The molecule has 6 nitrogen and oxygen atoms in total. The first-order valence-corrected chi connectivity index (χ1v) is 5.97. The highest BCUT2D eigenvalue weighted by Crippen LogP contribution is 2.40. The van der Waals surface area contributed by atoms with Gasteiger partial charge in [-0.1, -0.05) is 0 Å². The van der Waals surface area contributed by atoms with Gasteiger partial charge in [0.25, 0.3) is 5.56 Å². The van der Waals surface area contributed by atoms with Crippen molar-refractivity contribution in [2.45, 2.75) is 6.92 Å². The molecule has 0 aliphatic carbocycles.